The van der Waals surface area contributed by atoms with Gasteiger partial charge in [0.15, 0.2) is 5.13 Å². The van der Waals surface area contributed by atoms with Crippen LogP contribution in [-0.2, 0) is 17.7 Å². The standard InChI is InChI=1S/C14H25N3OS/c1-3-8-18-11-6-5-7-17(10-11)14-16-12(4-2)13(9-15)19-14/h11H,3-10,15H2,1-2H3. The Morgan fingerprint density at radius 1 is 1.47 bits per heavy atom. The van der Waals surface area contributed by atoms with Crippen LogP contribution in [0, 0.1) is 0 Å². The highest BCUT2D eigenvalue weighted by Gasteiger charge is 2.23. The van der Waals surface area contributed by atoms with Crippen molar-refractivity contribution in [3.63, 3.8) is 0 Å². The van der Waals surface area contributed by atoms with Crippen molar-refractivity contribution in [2.75, 3.05) is 24.6 Å². The minimum absolute atomic E-state index is 0.365. The van der Waals surface area contributed by atoms with Gasteiger partial charge >= 0.3 is 0 Å². The summed E-state index contributed by atoms with van der Waals surface area (Å²) in [5.74, 6) is 0. The molecule has 1 aliphatic rings. The van der Waals surface area contributed by atoms with Crippen molar-refractivity contribution in [1.29, 1.82) is 0 Å². The third-order valence-corrected chi connectivity index (χ3v) is 4.67. The first-order valence-electron chi connectivity index (χ1n) is 7.33. The molecule has 0 spiro atoms. The lowest BCUT2D eigenvalue weighted by Crippen LogP contribution is -2.39. The lowest BCUT2D eigenvalue weighted by atomic mass is 10.1. The molecule has 2 heterocycles. The fourth-order valence-electron chi connectivity index (χ4n) is 2.47. The van der Waals surface area contributed by atoms with Gasteiger partial charge < -0.3 is 15.4 Å². The Balaban J connectivity index is 2.02. The van der Waals surface area contributed by atoms with E-state index in [4.69, 9.17) is 15.5 Å². The van der Waals surface area contributed by atoms with Gasteiger partial charge in [-0.2, -0.15) is 0 Å². The Morgan fingerprint density at radius 3 is 2.95 bits per heavy atom. The second-order valence-electron chi connectivity index (χ2n) is 5.01. The van der Waals surface area contributed by atoms with E-state index in [0.29, 0.717) is 12.6 Å². The van der Waals surface area contributed by atoms with E-state index in [0.717, 1.165) is 37.7 Å². The summed E-state index contributed by atoms with van der Waals surface area (Å²) >= 11 is 1.75. The van der Waals surface area contributed by atoms with Crippen molar-refractivity contribution >= 4 is 16.5 Å². The van der Waals surface area contributed by atoms with Crippen LogP contribution in [0.15, 0.2) is 0 Å². The molecule has 5 heteroatoms. The van der Waals surface area contributed by atoms with E-state index >= 15 is 0 Å². The van der Waals surface area contributed by atoms with E-state index in [1.165, 1.54) is 23.4 Å². The number of aromatic nitrogens is 1. The van der Waals surface area contributed by atoms with Gasteiger partial charge in [0, 0.05) is 31.1 Å². The Bertz CT molecular complexity index is 373. The molecule has 108 valence electrons. The number of nitrogens with zero attached hydrogens (tertiary/aromatic N) is 2. The average molecular weight is 283 g/mol. The normalized spacial score (nSPS) is 19.9. The average Bonchev–Trinajstić information content (AvgIpc) is 2.88. The minimum Gasteiger partial charge on any atom is -0.376 e. The van der Waals surface area contributed by atoms with Gasteiger partial charge in [0.25, 0.3) is 0 Å². The number of aryl methyl sites for hydroxylation is 1. The Kier molecular flexibility index (Phi) is 5.60. The summed E-state index contributed by atoms with van der Waals surface area (Å²) < 4.78 is 5.88. The molecule has 0 saturated carbocycles. The van der Waals surface area contributed by atoms with Crippen LogP contribution < -0.4 is 10.6 Å². The quantitative estimate of drug-likeness (QED) is 0.872. The molecule has 1 unspecified atom stereocenters. The molecule has 19 heavy (non-hydrogen) atoms. The van der Waals surface area contributed by atoms with Crippen LogP contribution in [0.25, 0.3) is 0 Å². The number of rotatable bonds is 6. The fourth-order valence-corrected chi connectivity index (χ4v) is 3.54. The van der Waals surface area contributed by atoms with Gasteiger partial charge in [0.05, 0.1) is 11.8 Å². The third kappa shape index (κ3) is 3.68. The molecular weight excluding hydrogens is 258 g/mol. The summed E-state index contributed by atoms with van der Waals surface area (Å²) in [5.41, 5.74) is 6.96. The fraction of sp³-hybridized carbons (Fsp3) is 0.786. The Labute approximate surface area is 120 Å². The predicted octanol–water partition coefficient (Wildman–Crippen LogP) is 2.56. The molecule has 1 aliphatic heterocycles. The lowest BCUT2D eigenvalue weighted by molar-refractivity contribution is 0.0440. The second kappa shape index (κ2) is 7.22. The van der Waals surface area contributed by atoms with Gasteiger partial charge in [-0.05, 0) is 25.7 Å². The molecule has 0 radical (unpaired) electrons. The number of nitrogens with two attached hydrogens (primary N) is 1. The molecule has 1 aromatic rings. The summed E-state index contributed by atoms with van der Waals surface area (Å²) in [4.78, 5) is 8.35. The molecular formula is C14H25N3OS. The van der Waals surface area contributed by atoms with Crippen LogP contribution in [0.2, 0.25) is 0 Å². The molecule has 0 bridgehead atoms. The summed E-state index contributed by atoms with van der Waals surface area (Å²) in [7, 11) is 0. The van der Waals surface area contributed by atoms with E-state index in [1.54, 1.807) is 11.3 Å². The monoisotopic (exact) mass is 283 g/mol. The highest BCUT2D eigenvalue weighted by atomic mass is 32.1. The van der Waals surface area contributed by atoms with Crippen LogP contribution >= 0.6 is 11.3 Å². The zero-order chi connectivity index (χ0) is 13.7. The zero-order valence-corrected chi connectivity index (χ0v) is 12.8. The first-order valence-corrected chi connectivity index (χ1v) is 8.15. The maximum absolute atomic E-state index is 5.88. The SMILES string of the molecule is CCCOC1CCCN(c2nc(CC)c(CN)s2)C1. The van der Waals surface area contributed by atoms with Gasteiger partial charge in [0.1, 0.15) is 0 Å². The van der Waals surface area contributed by atoms with Crippen molar-refractivity contribution in [3.8, 4) is 0 Å². The van der Waals surface area contributed by atoms with E-state index in [-0.39, 0.29) is 0 Å². The Hall–Kier alpha value is -0.650. The minimum atomic E-state index is 0.365. The van der Waals surface area contributed by atoms with Crippen molar-refractivity contribution in [3.05, 3.63) is 10.6 Å². The van der Waals surface area contributed by atoms with Gasteiger partial charge in [-0.3, -0.25) is 0 Å². The third-order valence-electron chi connectivity index (χ3n) is 3.49. The van der Waals surface area contributed by atoms with Crippen LogP contribution in [0.5, 0.6) is 0 Å². The lowest BCUT2D eigenvalue weighted by Gasteiger charge is -2.32. The van der Waals surface area contributed by atoms with Crippen LogP contribution in [0.4, 0.5) is 5.13 Å². The number of ether oxygens (including phenoxy) is 1. The molecule has 1 fully saturated rings. The summed E-state index contributed by atoms with van der Waals surface area (Å²) in [6, 6.07) is 0. The highest BCUT2D eigenvalue weighted by Crippen LogP contribution is 2.29. The van der Waals surface area contributed by atoms with Crippen molar-refractivity contribution in [2.45, 2.75) is 52.2 Å². The summed E-state index contributed by atoms with van der Waals surface area (Å²) in [6.45, 7) is 7.83. The van der Waals surface area contributed by atoms with Crippen molar-refractivity contribution in [1.82, 2.24) is 4.98 Å². The van der Waals surface area contributed by atoms with E-state index in [9.17, 15) is 0 Å². The van der Waals surface area contributed by atoms with E-state index in [2.05, 4.69) is 18.7 Å². The van der Waals surface area contributed by atoms with Crippen LogP contribution in [0.1, 0.15) is 43.7 Å². The summed E-state index contributed by atoms with van der Waals surface area (Å²) in [5, 5.41) is 1.13. The molecule has 1 saturated heterocycles. The highest BCUT2D eigenvalue weighted by molar-refractivity contribution is 7.15. The van der Waals surface area contributed by atoms with Crippen LogP contribution in [-0.4, -0.2) is 30.8 Å². The van der Waals surface area contributed by atoms with Crippen molar-refractivity contribution in [2.24, 2.45) is 5.73 Å². The van der Waals surface area contributed by atoms with Crippen molar-refractivity contribution < 1.29 is 4.74 Å². The largest absolute Gasteiger partial charge is 0.376 e. The van der Waals surface area contributed by atoms with E-state index in [1.807, 2.05) is 0 Å². The first kappa shape index (κ1) is 14.8. The molecule has 2 rings (SSSR count). The summed E-state index contributed by atoms with van der Waals surface area (Å²) in [6.07, 6.45) is 4.78. The smallest absolute Gasteiger partial charge is 0.185 e. The van der Waals surface area contributed by atoms with Gasteiger partial charge in [-0.1, -0.05) is 13.8 Å². The Morgan fingerprint density at radius 2 is 2.32 bits per heavy atom. The second-order valence-corrected chi connectivity index (χ2v) is 6.07. The van der Waals surface area contributed by atoms with Gasteiger partial charge in [-0.25, -0.2) is 4.98 Å². The first-order chi connectivity index (χ1) is 9.28. The predicted molar refractivity (Wildman–Crippen MR) is 80.9 cm³/mol. The molecule has 1 atom stereocenters. The number of thiazole rings is 1. The van der Waals surface area contributed by atoms with Gasteiger partial charge in [0.2, 0.25) is 0 Å². The number of anilines is 1. The van der Waals surface area contributed by atoms with Gasteiger partial charge in [-0.15, -0.1) is 11.3 Å². The van der Waals surface area contributed by atoms with E-state index < -0.39 is 0 Å². The molecule has 4 nitrogen and oxygen atoms in total. The number of piperidine rings is 1. The molecule has 2 N–H and O–H groups in total. The molecule has 1 aromatic heterocycles. The van der Waals surface area contributed by atoms with Crippen LogP contribution in [0.3, 0.4) is 0 Å². The molecule has 0 amide bonds. The maximum Gasteiger partial charge on any atom is 0.185 e. The number of hydrogen-bond donors (Lipinski definition) is 1. The zero-order valence-electron chi connectivity index (χ0n) is 12.0. The maximum atomic E-state index is 5.88. The number of hydrogen-bond acceptors (Lipinski definition) is 5. The molecule has 0 aliphatic carbocycles. The topological polar surface area (TPSA) is 51.4 Å². The molecule has 0 aromatic carbocycles.